The first kappa shape index (κ1) is 11.2. The molecule has 90 valence electrons. The van der Waals surface area contributed by atoms with Crippen molar-refractivity contribution in [1.82, 2.24) is 14.3 Å². The molecule has 0 aromatic carbocycles. The number of imidazole rings is 1. The molecule has 17 heavy (non-hydrogen) atoms. The van der Waals surface area contributed by atoms with Crippen molar-refractivity contribution in [2.24, 2.45) is 0 Å². The van der Waals surface area contributed by atoms with Gasteiger partial charge in [-0.25, -0.2) is 4.98 Å². The van der Waals surface area contributed by atoms with Crippen molar-refractivity contribution >= 4 is 21.6 Å². The van der Waals surface area contributed by atoms with Crippen LogP contribution in [0.5, 0.6) is 0 Å². The third-order valence-electron chi connectivity index (χ3n) is 3.39. The quantitative estimate of drug-likeness (QED) is 0.793. The lowest BCUT2D eigenvalue weighted by atomic mass is 10.1. The van der Waals surface area contributed by atoms with Gasteiger partial charge in [0.05, 0.1) is 16.5 Å². The number of fused-ring (bicyclic) bond motifs is 1. The van der Waals surface area contributed by atoms with Crippen LogP contribution in [0.15, 0.2) is 29.0 Å². The van der Waals surface area contributed by atoms with Crippen LogP contribution in [-0.4, -0.2) is 27.4 Å². The maximum atomic E-state index is 4.45. The molecule has 0 bridgehead atoms. The first-order chi connectivity index (χ1) is 8.34. The molecule has 3 heterocycles. The molecular weight excluding hydrogens is 278 g/mol. The lowest BCUT2D eigenvalue weighted by Crippen LogP contribution is -2.29. The number of pyridine rings is 1. The van der Waals surface area contributed by atoms with E-state index in [-0.39, 0.29) is 0 Å². The maximum absolute atomic E-state index is 4.45. The van der Waals surface area contributed by atoms with Crippen LogP contribution in [0.25, 0.3) is 5.65 Å². The lowest BCUT2D eigenvalue weighted by molar-refractivity contribution is 0.218. The maximum Gasteiger partial charge on any atom is 0.137 e. The van der Waals surface area contributed by atoms with Crippen LogP contribution in [0.1, 0.15) is 25.0 Å². The van der Waals surface area contributed by atoms with E-state index in [1.165, 1.54) is 38.0 Å². The first-order valence-corrected chi connectivity index (χ1v) is 6.97. The van der Waals surface area contributed by atoms with Crippen LogP contribution in [-0.2, 0) is 6.54 Å². The second-order valence-corrected chi connectivity index (χ2v) is 5.44. The minimum absolute atomic E-state index is 1.00. The summed E-state index contributed by atoms with van der Waals surface area (Å²) in [4.78, 5) is 6.97. The molecule has 3 nitrogen and oxygen atoms in total. The van der Waals surface area contributed by atoms with Gasteiger partial charge in [-0.2, -0.15) is 0 Å². The van der Waals surface area contributed by atoms with Crippen LogP contribution in [0, 0.1) is 0 Å². The molecule has 0 atom stereocenters. The van der Waals surface area contributed by atoms with Crippen molar-refractivity contribution in [3.05, 3.63) is 34.7 Å². The van der Waals surface area contributed by atoms with Crippen molar-refractivity contribution in [3.8, 4) is 0 Å². The van der Waals surface area contributed by atoms with E-state index in [9.17, 15) is 0 Å². The van der Waals surface area contributed by atoms with Gasteiger partial charge in [0.2, 0.25) is 0 Å². The van der Waals surface area contributed by atoms with Gasteiger partial charge in [0.1, 0.15) is 5.65 Å². The smallest absolute Gasteiger partial charge is 0.137 e. The van der Waals surface area contributed by atoms with Gasteiger partial charge in [-0.1, -0.05) is 12.5 Å². The number of piperidine rings is 1. The fourth-order valence-corrected chi connectivity index (χ4v) is 3.08. The molecule has 0 unspecified atom stereocenters. The summed E-state index contributed by atoms with van der Waals surface area (Å²) in [6.07, 6.45) is 6.04. The summed E-state index contributed by atoms with van der Waals surface area (Å²) in [5.74, 6) is 0. The Morgan fingerprint density at radius 3 is 2.82 bits per heavy atom. The summed E-state index contributed by atoms with van der Waals surface area (Å²) >= 11 is 3.60. The van der Waals surface area contributed by atoms with Crippen LogP contribution in [0.4, 0.5) is 0 Å². The first-order valence-electron chi connectivity index (χ1n) is 6.18. The van der Waals surface area contributed by atoms with Gasteiger partial charge in [-0.05, 0) is 54.0 Å². The van der Waals surface area contributed by atoms with E-state index >= 15 is 0 Å². The molecule has 1 aliphatic heterocycles. The number of hydrogen-bond donors (Lipinski definition) is 0. The molecule has 0 aliphatic carbocycles. The van der Waals surface area contributed by atoms with Gasteiger partial charge in [0, 0.05) is 6.54 Å². The number of nitrogens with zero attached hydrogens (tertiary/aromatic N) is 3. The zero-order chi connectivity index (χ0) is 11.7. The van der Waals surface area contributed by atoms with E-state index in [2.05, 4.69) is 36.3 Å². The fraction of sp³-hybridized carbons (Fsp3) is 0.462. The number of likely N-dealkylation sites (tertiary alicyclic amines) is 1. The van der Waals surface area contributed by atoms with E-state index in [0.29, 0.717) is 0 Å². The van der Waals surface area contributed by atoms with Gasteiger partial charge in [0.15, 0.2) is 0 Å². The topological polar surface area (TPSA) is 20.5 Å². The zero-order valence-corrected chi connectivity index (χ0v) is 11.4. The van der Waals surface area contributed by atoms with Crippen LogP contribution in [0.2, 0.25) is 0 Å². The molecule has 1 fully saturated rings. The molecule has 1 aliphatic rings. The summed E-state index contributed by atoms with van der Waals surface area (Å²) in [7, 11) is 0. The molecule has 4 heteroatoms. The number of aromatic nitrogens is 2. The Morgan fingerprint density at radius 1 is 1.18 bits per heavy atom. The third-order valence-corrected chi connectivity index (χ3v) is 4.01. The van der Waals surface area contributed by atoms with Crippen molar-refractivity contribution in [2.75, 3.05) is 13.1 Å². The molecule has 3 rings (SSSR count). The predicted octanol–water partition coefficient (Wildman–Crippen LogP) is 3.08. The van der Waals surface area contributed by atoms with E-state index < -0.39 is 0 Å². The number of rotatable bonds is 2. The summed E-state index contributed by atoms with van der Waals surface area (Å²) < 4.78 is 3.27. The standard InChI is InChI=1S/C13H16BrN3/c14-12-5-4-6-13-15-9-11(17(12)13)10-16-7-2-1-3-8-16/h4-6,9H,1-3,7-8,10H2. The third kappa shape index (κ3) is 2.24. The number of hydrogen-bond acceptors (Lipinski definition) is 2. The van der Waals surface area contributed by atoms with Gasteiger partial charge in [0.25, 0.3) is 0 Å². The van der Waals surface area contributed by atoms with Crippen molar-refractivity contribution in [3.63, 3.8) is 0 Å². The monoisotopic (exact) mass is 293 g/mol. The van der Waals surface area contributed by atoms with E-state index in [1.54, 1.807) is 0 Å². The average molecular weight is 294 g/mol. The van der Waals surface area contributed by atoms with Gasteiger partial charge in [-0.15, -0.1) is 0 Å². The molecule has 2 aromatic rings. The highest BCUT2D eigenvalue weighted by Gasteiger charge is 2.13. The molecule has 0 radical (unpaired) electrons. The highest BCUT2D eigenvalue weighted by molar-refractivity contribution is 9.10. The Labute approximate surface area is 110 Å². The van der Waals surface area contributed by atoms with Crippen LogP contribution < -0.4 is 0 Å². The van der Waals surface area contributed by atoms with Gasteiger partial charge >= 0.3 is 0 Å². The number of halogens is 1. The average Bonchev–Trinajstić information content (AvgIpc) is 2.75. The fourth-order valence-electron chi connectivity index (χ4n) is 2.51. The van der Waals surface area contributed by atoms with Crippen molar-refractivity contribution in [1.29, 1.82) is 0 Å². The second-order valence-electron chi connectivity index (χ2n) is 4.63. The predicted molar refractivity (Wildman–Crippen MR) is 72.0 cm³/mol. The van der Waals surface area contributed by atoms with E-state index in [4.69, 9.17) is 0 Å². The largest absolute Gasteiger partial charge is 0.298 e. The Kier molecular flexibility index (Phi) is 3.16. The minimum atomic E-state index is 1.00. The van der Waals surface area contributed by atoms with Gasteiger partial charge < -0.3 is 0 Å². The summed E-state index contributed by atoms with van der Waals surface area (Å²) in [6.45, 7) is 3.44. The van der Waals surface area contributed by atoms with Crippen LogP contribution >= 0.6 is 15.9 Å². The molecular formula is C13H16BrN3. The Morgan fingerprint density at radius 2 is 2.00 bits per heavy atom. The normalized spacial score (nSPS) is 17.7. The van der Waals surface area contributed by atoms with E-state index in [1.807, 2.05) is 18.3 Å². The second kappa shape index (κ2) is 4.78. The Bertz CT molecular complexity index is 514. The summed E-state index contributed by atoms with van der Waals surface area (Å²) in [6, 6.07) is 6.13. The minimum Gasteiger partial charge on any atom is -0.298 e. The molecule has 2 aromatic heterocycles. The van der Waals surface area contributed by atoms with Crippen molar-refractivity contribution < 1.29 is 0 Å². The highest BCUT2D eigenvalue weighted by atomic mass is 79.9. The zero-order valence-electron chi connectivity index (χ0n) is 9.77. The molecule has 1 saturated heterocycles. The molecule has 0 N–H and O–H groups in total. The Hall–Kier alpha value is -0.870. The SMILES string of the molecule is Brc1cccc2ncc(CN3CCCCC3)n12. The Balaban J connectivity index is 1.89. The molecule has 0 amide bonds. The summed E-state index contributed by atoms with van der Waals surface area (Å²) in [5.41, 5.74) is 2.29. The summed E-state index contributed by atoms with van der Waals surface area (Å²) in [5, 5.41) is 0. The van der Waals surface area contributed by atoms with Crippen LogP contribution in [0.3, 0.4) is 0 Å². The lowest BCUT2D eigenvalue weighted by Gasteiger charge is -2.26. The molecule has 0 spiro atoms. The van der Waals surface area contributed by atoms with Crippen molar-refractivity contribution in [2.45, 2.75) is 25.8 Å². The molecule has 0 saturated carbocycles. The van der Waals surface area contributed by atoms with Gasteiger partial charge in [-0.3, -0.25) is 9.30 Å². The highest BCUT2D eigenvalue weighted by Crippen LogP contribution is 2.18. The van der Waals surface area contributed by atoms with E-state index in [0.717, 1.165) is 16.8 Å².